The summed E-state index contributed by atoms with van der Waals surface area (Å²) in [6.07, 6.45) is 0. The molecular weight excluding hydrogens is 418 g/mol. The molecule has 164 valence electrons. The normalized spacial score (nSPS) is 18.4. The van der Waals surface area contributed by atoms with Gasteiger partial charge in [-0.1, -0.05) is 56.7 Å². The summed E-state index contributed by atoms with van der Waals surface area (Å²) in [7, 11) is 0. The maximum absolute atomic E-state index is 13.3. The van der Waals surface area contributed by atoms with Crippen molar-refractivity contribution in [2.24, 2.45) is 0 Å². The number of amides is 1. The van der Waals surface area contributed by atoms with Gasteiger partial charge in [-0.05, 0) is 60.0 Å². The summed E-state index contributed by atoms with van der Waals surface area (Å²) in [5.41, 5.74) is 4.19. The zero-order chi connectivity index (χ0) is 23.2. The van der Waals surface area contributed by atoms with Gasteiger partial charge in [0.25, 0.3) is 11.7 Å². The smallest absolute Gasteiger partial charge is 0.300 e. The van der Waals surface area contributed by atoms with E-state index in [0.29, 0.717) is 11.3 Å². The average Bonchev–Trinajstić information content (AvgIpc) is 3.35. The number of hydrogen-bond donors (Lipinski definition) is 1. The Morgan fingerprint density at radius 3 is 2.28 bits per heavy atom. The number of anilines is 1. The second-order valence-corrected chi connectivity index (χ2v) is 10.3. The lowest BCUT2D eigenvalue weighted by Gasteiger charge is -2.25. The Kier molecular flexibility index (Phi) is 5.55. The fourth-order valence-corrected chi connectivity index (χ4v) is 4.83. The van der Waals surface area contributed by atoms with E-state index in [1.165, 1.54) is 16.2 Å². The van der Waals surface area contributed by atoms with Gasteiger partial charge in [-0.15, -0.1) is 11.3 Å². The molecule has 1 amide bonds. The first-order chi connectivity index (χ1) is 15.1. The van der Waals surface area contributed by atoms with Gasteiger partial charge in [-0.2, -0.15) is 0 Å². The Bertz CT molecular complexity index is 1210. The highest BCUT2D eigenvalue weighted by Crippen LogP contribution is 2.44. The fourth-order valence-electron chi connectivity index (χ4n) is 4.01. The van der Waals surface area contributed by atoms with E-state index in [1.54, 1.807) is 0 Å². The number of rotatable bonds is 3. The van der Waals surface area contributed by atoms with Crippen LogP contribution in [-0.4, -0.2) is 16.8 Å². The van der Waals surface area contributed by atoms with Crippen LogP contribution in [0.25, 0.3) is 5.76 Å². The van der Waals surface area contributed by atoms with Crippen molar-refractivity contribution < 1.29 is 14.7 Å². The molecular formula is C27H27NO3S. The zero-order valence-electron chi connectivity index (χ0n) is 19.0. The quantitative estimate of drug-likeness (QED) is 0.293. The van der Waals surface area contributed by atoms with Crippen molar-refractivity contribution in [3.05, 3.63) is 92.7 Å². The predicted octanol–water partition coefficient (Wildman–Crippen LogP) is 6.29. The molecule has 0 bridgehead atoms. The minimum Gasteiger partial charge on any atom is -0.507 e. The summed E-state index contributed by atoms with van der Waals surface area (Å²) in [6, 6.07) is 16.5. The molecule has 1 aliphatic rings. The molecule has 3 aromatic rings. The molecule has 5 heteroatoms. The molecule has 0 radical (unpaired) electrons. The lowest BCUT2D eigenvalue weighted by Crippen LogP contribution is -2.29. The van der Waals surface area contributed by atoms with Gasteiger partial charge in [0.1, 0.15) is 11.8 Å². The molecule has 4 nitrogen and oxygen atoms in total. The monoisotopic (exact) mass is 445 g/mol. The van der Waals surface area contributed by atoms with Crippen molar-refractivity contribution >= 4 is 34.5 Å². The van der Waals surface area contributed by atoms with E-state index in [-0.39, 0.29) is 16.7 Å². The number of carbonyl (C=O) groups excluding carboxylic acids is 2. The molecule has 1 saturated heterocycles. The van der Waals surface area contributed by atoms with Crippen molar-refractivity contribution in [2.75, 3.05) is 4.90 Å². The Labute approximate surface area is 192 Å². The summed E-state index contributed by atoms with van der Waals surface area (Å²) in [6.45, 7) is 10.2. The SMILES string of the molecule is Cc1ccc(N2C(=O)C(=O)/C(=C(/O)c3cc(C(C)(C)C)ccc3C)C2c2cccs2)cc1. The number of thiophene rings is 1. The third-order valence-electron chi connectivity index (χ3n) is 5.93. The van der Waals surface area contributed by atoms with Crippen LogP contribution in [0.5, 0.6) is 0 Å². The van der Waals surface area contributed by atoms with E-state index >= 15 is 0 Å². The first-order valence-corrected chi connectivity index (χ1v) is 11.5. The summed E-state index contributed by atoms with van der Waals surface area (Å²) in [5, 5.41) is 13.4. The fraction of sp³-hybridized carbons (Fsp3) is 0.259. The van der Waals surface area contributed by atoms with E-state index in [4.69, 9.17) is 0 Å². The molecule has 1 unspecified atom stereocenters. The van der Waals surface area contributed by atoms with E-state index in [0.717, 1.165) is 21.6 Å². The first-order valence-electron chi connectivity index (χ1n) is 10.6. The lowest BCUT2D eigenvalue weighted by molar-refractivity contribution is -0.132. The molecule has 1 fully saturated rings. The molecule has 2 heterocycles. The van der Waals surface area contributed by atoms with Crippen LogP contribution in [0, 0.1) is 13.8 Å². The molecule has 2 aromatic carbocycles. The molecule has 0 saturated carbocycles. The largest absolute Gasteiger partial charge is 0.507 e. The second-order valence-electron chi connectivity index (χ2n) is 9.30. The highest BCUT2D eigenvalue weighted by atomic mass is 32.1. The van der Waals surface area contributed by atoms with Crippen molar-refractivity contribution in [2.45, 2.75) is 46.1 Å². The highest BCUT2D eigenvalue weighted by Gasteiger charge is 2.47. The van der Waals surface area contributed by atoms with E-state index in [2.05, 4.69) is 20.8 Å². The van der Waals surface area contributed by atoms with Crippen molar-refractivity contribution in [3.63, 3.8) is 0 Å². The van der Waals surface area contributed by atoms with Crippen LogP contribution < -0.4 is 4.90 Å². The maximum atomic E-state index is 13.3. The van der Waals surface area contributed by atoms with Gasteiger partial charge in [0.2, 0.25) is 0 Å². The minimum absolute atomic E-state index is 0.121. The molecule has 4 rings (SSSR count). The van der Waals surface area contributed by atoms with Gasteiger partial charge in [0, 0.05) is 16.1 Å². The predicted molar refractivity (Wildman–Crippen MR) is 130 cm³/mol. The molecule has 1 N–H and O–H groups in total. The number of Topliss-reactive ketones (excluding diaryl/α,β-unsaturated/α-hetero) is 1. The number of aliphatic hydroxyl groups is 1. The molecule has 0 aliphatic carbocycles. The van der Waals surface area contributed by atoms with Crippen molar-refractivity contribution in [3.8, 4) is 0 Å². The topological polar surface area (TPSA) is 57.6 Å². The Hall–Kier alpha value is -3.18. The van der Waals surface area contributed by atoms with Crippen molar-refractivity contribution in [1.82, 2.24) is 0 Å². The van der Waals surface area contributed by atoms with Gasteiger partial charge in [0.15, 0.2) is 0 Å². The highest BCUT2D eigenvalue weighted by molar-refractivity contribution is 7.10. The third-order valence-corrected chi connectivity index (χ3v) is 6.85. The average molecular weight is 446 g/mol. The number of hydrogen-bond acceptors (Lipinski definition) is 4. The molecule has 1 atom stereocenters. The second kappa shape index (κ2) is 8.06. The van der Waals surface area contributed by atoms with E-state index in [9.17, 15) is 14.7 Å². The van der Waals surface area contributed by atoms with Gasteiger partial charge >= 0.3 is 0 Å². The van der Waals surface area contributed by atoms with Crippen LogP contribution in [0.3, 0.4) is 0 Å². The Morgan fingerprint density at radius 2 is 1.69 bits per heavy atom. The van der Waals surface area contributed by atoms with Crippen molar-refractivity contribution in [1.29, 1.82) is 0 Å². The van der Waals surface area contributed by atoms with Crippen LogP contribution in [-0.2, 0) is 15.0 Å². The number of nitrogens with zero attached hydrogens (tertiary/aromatic N) is 1. The maximum Gasteiger partial charge on any atom is 0.300 e. The minimum atomic E-state index is -0.671. The van der Waals surface area contributed by atoms with Crippen LogP contribution >= 0.6 is 11.3 Å². The Morgan fingerprint density at radius 1 is 1.00 bits per heavy atom. The van der Waals surface area contributed by atoms with Gasteiger partial charge in [0.05, 0.1) is 5.57 Å². The summed E-state index contributed by atoms with van der Waals surface area (Å²) < 4.78 is 0. The van der Waals surface area contributed by atoms with Crippen LogP contribution in [0.2, 0.25) is 0 Å². The number of aliphatic hydroxyl groups excluding tert-OH is 1. The van der Waals surface area contributed by atoms with Crippen LogP contribution in [0.1, 0.15) is 53.9 Å². The summed E-state index contributed by atoms with van der Waals surface area (Å²) >= 11 is 1.46. The molecule has 1 aromatic heterocycles. The van der Waals surface area contributed by atoms with Crippen LogP contribution in [0.4, 0.5) is 5.69 Å². The molecule has 0 spiro atoms. The zero-order valence-corrected chi connectivity index (χ0v) is 19.8. The van der Waals surface area contributed by atoms with Crippen LogP contribution in [0.15, 0.2) is 65.6 Å². The Balaban J connectivity index is 1.94. The standard InChI is InChI=1S/C27H27NO3S/c1-16-8-12-19(13-9-16)28-23(21-7-6-14-32-21)22(25(30)26(28)31)24(29)20-15-18(27(3,4)5)11-10-17(20)2/h6-15,23,29H,1-5H3/b24-22+. The third kappa shape index (κ3) is 3.78. The number of carbonyl (C=O) groups is 2. The summed E-state index contributed by atoms with van der Waals surface area (Å²) in [4.78, 5) is 28.8. The molecule has 32 heavy (non-hydrogen) atoms. The van der Waals surface area contributed by atoms with Gasteiger partial charge in [-0.25, -0.2) is 0 Å². The first kappa shape index (κ1) is 22.0. The number of aryl methyl sites for hydroxylation is 2. The van der Waals surface area contributed by atoms with Gasteiger partial charge in [-0.3, -0.25) is 14.5 Å². The summed E-state index contributed by atoms with van der Waals surface area (Å²) in [5.74, 6) is -1.42. The van der Waals surface area contributed by atoms with Gasteiger partial charge < -0.3 is 5.11 Å². The number of ketones is 1. The lowest BCUT2D eigenvalue weighted by atomic mass is 9.84. The van der Waals surface area contributed by atoms with E-state index in [1.807, 2.05) is 73.8 Å². The van der Waals surface area contributed by atoms with E-state index < -0.39 is 17.7 Å². The molecule has 1 aliphatic heterocycles. The number of benzene rings is 2.